The molecular weight excluding hydrogens is 382 g/mol. The van der Waals surface area contributed by atoms with Crippen LogP contribution in [0, 0.1) is 0 Å². The Morgan fingerprint density at radius 2 is 1.90 bits per heavy atom. The minimum atomic E-state index is -0.239. The quantitative estimate of drug-likeness (QED) is 0.452. The maximum Gasteiger partial charge on any atom is 0.162 e. The van der Waals surface area contributed by atoms with Crippen LogP contribution >= 0.6 is 0 Å². The lowest BCUT2D eigenvalue weighted by molar-refractivity contribution is 0.271. The van der Waals surface area contributed by atoms with Crippen molar-refractivity contribution >= 4 is 28.4 Å². The first-order valence-corrected chi connectivity index (χ1v) is 9.77. The maximum atomic E-state index is 9.73. The van der Waals surface area contributed by atoms with Gasteiger partial charge in [0.05, 0.1) is 11.7 Å². The van der Waals surface area contributed by atoms with Crippen LogP contribution in [0.3, 0.4) is 0 Å². The molecule has 1 saturated heterocycles. The number of aromatic nitrogens is 6. The molecule has 0 spiro atoms. The van der Waals surface area contributed by atoms with Crippen molar-refractivity contribution in [2.75, 3.05) is 36.4 Å². The number of piperazine rings is 1. The third kappa shape index (κ3) is 3.53. The Bertz CT molecular complexity index is 1160. The first-order chi connectivity index (χ1) is 14.8. The van der Waals surface area contributed by atoms with Crippen molar-refractivity contribution in [3.8, 4) is 5.82 Å². The van der Waals surface area contributed by atoms with Gasteiger partial charge in [0, 0.05) is 50.0 Å². The normalized spacial score (nSPS) is 14.2. The molecule has 4 heterocycles. The third-order valence-electron chi connectivity index (χ3n) is 4.94. The Morgan fingerprint density at radius 1 is 1.07 bits per heavy atom. The minimum absolute atomic E-state index is 0.239. The molecule has 3 aromatic heterocycles. The van der Waals surface area contributed by atoms with Crippen molar-refractivity contribution in [3.63, 3.8) is 0 Å². The number of benzene rings is 1. The van der Waals surface area contributed by atoms with E-state index in [4.69, 9.17) is 5.10 Å². The van der Waals surface area contributed by atoms with Gasteiger partial charge in [0.2, 0.25) is 0 Å². The fraction of sp³-hybridized carbons (Fsp3) is 0.250. The summed E-state index contributed by atoms with van der Waals surface area (Å²) in [4.78, 5) is 19.6. The molecule has 0 saturated carbocycles. The number of aliphatic hydroxyl groups excluding tert-OH is 1. The predicted octanol–water partition coefficient (Wildman–Crippen LogP) is 1.25. The van der Waals surface area contributed by atoms with E-state index in [0.29, 0.717) is 23.3 Å². The fourth-order valence-corrected chi connectivity index (χ4v) is 3.52. The highest BCUT2D eigenvalue weighted by Crippen LogP contribution is 2.28. The van der Waals surface area contributed by atoms with E-state index in [1.165, 1.54) is 0 Å². The summed E-state index contributed by atoms with van der Waals surface area (Å²) in [7, 11) is 0. The van der Waals surface area contributed by atoms with Crippen LogP contribution in [-0.4, -0.2) is 61.0 Å². The minimum Gasteiger partial charge on any atom is -0.388 e. The molecule has 30 heavy (non-hydrogen) atoms. The van der Waals surface area contributed by atoms with Gasteiger partial charge in [-0.3, -0.25) is 4.98 Å². The van der Waals surface area contributed by atoms with E-state index in [0.717, 1.165) is 42.9 Å². The smallest absolute Gasteiger partial charge is 0.162 e. The largest absolute Gasteiger partial charge is 0.388 e. The van der Waals surface area contributed by atoms with E-state index < -0.39 is 0 Å². The lowest BCUT2D eigenvalue weighted by atomic mass is 10.2. The van der Waals surface area contributed by atoms with Gasteiger partial charge in [-0.15, -0.1) is 5.10 Å². The standard InChI is InChI=1S/C20H21N9O/c30-13-17-24-18(28-9-7-21-8-10-28)11-19(25-17)29-15-4-2-1-3-14(15)20(27-29)26-16-12-22-5-6-23-16/h1-6,11-12,21,30H,7-10,13H2,(H,23,26,27). The lowest BCUT2D eigenvalue weighted by Gasteiger charge is -2.28. The topological polar surface area (TPSA) is 117 Å². The molecular formula is C20H21N9O. The molecule has 0 unspecified atom stereocenters. The van der Waals surface area contributed by atoms with Crippen molar-refractivity contribution in [1.29, 1.82) is 0 Å². The van der Waals surface area contributed by atoms with Crippen LogP contribution in [0.5, 0.6) is 0 Å². The summed E-state index contributed by atoms with van der Waals surface area (Å²) in [5, 5.41) is 22.0. The van der Waals surface area contributed by atoms with E-state index in [1.807, 2.05) is 30.3 Å². The molecule has 1 fully saturated rings. The van der Waals surface area contributed by atoms with Crippen LogP contribution in [0.2, 0.25) is 0 Å². The summed E-state index contributed by atoms with van der Waals surface area (Å²) >= 11 is 0. The van der Waals surface area contributed by atoms with Gasteiger partial charge in [-0.25, -0.2) is 19.6 Å². The van der Waals surface area contributed by atoms with Gasteiger partial charge in [-0.1, -0.05) is 12.1 Å². The van der Waals surface area contributed by atoms with Gasteiger partial charge in [-0.2, -0.15) is 0 Å². The van der Waals surface area contributed by atoms with Crippen LogP contribution in [0.1, 0.15) is 5.82 Å². The number of anilines is 3. The Kier molecular flexibility index (Phi) is 4.91. The van der Waals surface area contributed by atoms with Gasteiger partial charge in [0.15, 0.2) is 17.5 Å². The summed E-state index contributed by atoms with van der Waals surface area (Å²) < 4.78 is 1.76. The van der Waals surface area contributed by atoms with Crippen molar-refractivity contribution in [1.82, 2.24) is 35.0 Å². The highest BCUT2D eigenvalue weighted by Gasteiger charge is 2.18. The average molecular weight is 403 g/mol. The van der Waals surface area contributed by atoms with E-state index >= 15 is 0 Å². The van der Waals surface area contributed by atoms with Crippen molar-refractivity contribution < 1.29 is 5.11 Å². The number of fused-ring (bicyclic) bond motifs is 1. The fourth-order valence-electron chi connectivity index (χ4n) is 3.52. The average Bonchev–Trinajstić information content (AvgIpc) is 3.18. The molecule has 5 rings (SSSR count). The second-order valence-electron chi connectivity index (χ2n) is 6.89. The number of hydrogen-bond acceptors (Lipinski definition) is 9. The second kappa shape index (κ2) is 8.01. The van der Waals surface area contributed by atoms with E-state index in [1.54, 1.807) is 23.3 Å². The van der Waals surface area contributed by atoms with Crippen molar-refractivity contribution in [2.24, 2.45) is 0 Å². The first kappa shape index (κ1) is 18.4. The van der Waals surface area contributed by atoms with Gasteiger partial charge in [-0.05, 0) is 12.1 Å². The van der Waals surface area contributed by atoms with Gasteiger partial charge in [0.1, 0.15) is 18.2 Å². The van der Waals surface area contributed by atoms with Crippen molar-refractivity contribution in [2.45, 2.75) is 6.61 Å². The van der Waals surface area contributed by atoms with E-state index in [2.05, 4.69) is 35.5 Å². The Morgan fingerprint density at radius 3 is 2.70 bits per heavy atom. The maximum absolute atomic E-state index is 9.73. The summed E-state index contributed by atoms with van der Waals surface area (Å²) in [6, 6.07) is 9.80. The zero-order chi connectivity index (χ0) is 20.3. The molecule has 0 amide bonds. The van der Waals surface area contributed by atoms with Crippen LogP contribution in [0.15, 0.2) is 48.9 Å². The molecule has 0 radical (unpaired) electrons. The van der Waals surface area contributed by atoms with E-state index in [9.17, 15) is 5.11 Å². The molecule has 1 aromatic carbocycles. The Labute approximate surface area is 172 Å². The molecule has 1 aliphatic rings. The molecule has 3 N–H and O–H groups in total. The van der Waals surface area contributed by atoms with Crippen LogP contribution in [0.25, 0.3) is 16.7 Å². The zero-order valence-corrected chi connectivity index (χ0v) is 16.2. The Balaban J connectivity index is 1.60. The monoisotopic (exact) mass is 403 g/mol. The van der Waals surface area contributed by atoms with Crippen molar-refractivity contribution in [3.05, 3.63) is 54.7 Å². The first-order valence-electron chi connectivity index (χ1n) is 9.77. The molecule has 0 aliphatic carbocycles. The number of para-hydroxylation sites is 1. The van der Waals surface area contributed by atoms with Gasteiger partial charge < -0.3 is 20.6 Å². The summed E-state index contributed by atoms with van der Waals surface area (Å²) in [5.74, 6) is 3.01. The Hall–Kier alpha value is -3.63. The molecule has 152 valence electrons. The second-order valence-corrected chi connectivity index (χ2v) is 6.89. The molecule has 0 atom stereocenters. The number of aliphatic hydroxyl groups is 1. The highest BCUT2D eigenvalue weighted by atomic mass is 16.3. The van der Waals surface area contributed by atoms with E-state index in [-0.39, 0.29) is 6.61 Å². The lowest BCUT2D eigenvalue weighted by Crippen LogP contribution is -2.44. The number of hydrogen-bond donors (Lipinski definition) is 3. The van der Waals surface area contributed by atoms with Crippen LogP contribution in [0.4, 0.5) is 17.5 Å². The predicted molar refractivity (Wildman–Crippen MR) is 113 cm³/mol. The third-order valence-corrected chi connectivity index (χ3v) is 4.94. The van der Waals surface area contributed by atoms with Crippen LogP contribution < -0.4 is 15.5 Å². The molecule has 4 aromatic rings. The summed E-state index contributed by atoms with van der Waals surface area (Å²) in [6.07, 6.45) is 4.89. The zero-order valence-electron chi connectivity index (χ0n) is 16.2. The van der Waals surface area contributed by atoms with Crippen LogP contribution in [-0.2, 0) is 6.61 Å². The molecule has 1 aliphatic heterocycles. The molecule has 10 heteroatoms. The molecule has 10 nitrogen and oxygen atoms in total. The summed E-state index contributed by atoms with van der Waals surface area (Å²) in [5.41, 5.74) is 0.887. The highest BCUT2D eigenvalue weighted by molar-refractivity contribution is 5.92. The number of rotatable bonds is 5. The molecule has 0 bridgehead atoms. The van der Waals surface area contributed by atoms with Gasteiger partial charge in [0.25, 0.3) is 0 Å². The number of nitrogens with one attached hydrogen (secondary N) is 2. The SMILES string of the molecule is OCc1nc(N2CCNCC2)cc(-n2nc(Nc3cnccn3)c3ccccc32)n1. The summed E-state index contributed by atoms with van der Waals surface area (Å²) in [6.45, 7) is 3.24. The number of nitrogens with zero attached hydrogens (tertiary/aromatic N) is 7. The van der Waals surface area contributed by atoms with Gasteiger partial charge >= 0.3 is 0 Å².